The Balaban J connectivity index is 3.97. The van der Waals surface area contributed by atoms with Gasteiger partial charge in [0.2, 0.25) is 0 Å². The molecule has 5 nitrogen and oxygen atoms in total. The smallest absolute Gasteiger partial charge is 0.314 e. The molecule has 5 heteroatoms. The topological polar surface area (TPSA) is 78.4 Å². The quantitative estimate of drug-likeness (QED) is 0.609. The second-order valence-corrected chi connectivity index (χ2v) is 4.73. The molecule has 0 fully saturated rings. The molecule has 0 bridgehead atoms. The highest BCUT2D eigenvalue weighted by molar-refractivity contribution is 5.73. The summed E-state index contributed by atoms with van der Waals surface area (Å²) >= 11 is 0. The van der Waals surface area contributed by atoms with Gasteiger partial charge < -0.3 is 15.7 Å². The van der Waals surface area contributed by atoms with Crippen molar-refractivity contribution < 1.29 is 14.7 Å². The van der Waals surface area contributed by atoms with Crippen LogP contribution < -0.4 is 10.6 Å². The average molecular weight is 244 g/mol. The summed E-state index contributed by atoms with van der Waals surface area (Å²) in [5, 5.41) is 14.2. The van der Waals surface area contributed by atoms with Gasteiger partial charge in [0.05, 0.1) is 0 Å². The summed E-state index contributed by atoms with van der Waals surface area (Å²) in [6.45, 7) is 7.13. The van der Waals surface area contributed by atoms with Crippen molar-refractivity contribution >= 4 is 12.0 Å². The van der Waals surface area contributed by atoms with E-state index in [0.717, 1.165) is 12.8 Å². The van der Waals surface area contributed by atoms with Crippen LogP contribution in [0, 0.1) is 11.8 Å². The zero-order valence-corrected chi connectivity index (χ0v) is 11.0. The maximum atomic E-state index is 11.3. The number of carbonyl (C=O) groups is 2. The third-order valence-corrected chi connectivity index (χ3v) is 2.35. The fourth-order valence-electron chi connectivity index (χ4n) is 1.69. The maximum absolute atomic E-state index is 11.3. The number of nitrogens with one attached hydrogen (secondary N) is 2. The normalized spacial score (nSPS) is 12.2. The number of carbonyl (C=O) groups excluding carboxylic acids is 1. The third-order valence-electron chi connectivity index (χ3n) is 2.35. The van der Waals surface area contributed by atoms with Crippen LogP contribution in [0.25, 0.3) is 0 Å². The van der Waals surface area contributed by atoms with Crippen LogP contribution in [0.15, 0.2) is 0 Å². The molecule has 0 saturated carbocycles. The highest BCUT2D eigenvalue weighted by atomic mass is 16.4. The number of urea groups is 1. The molecule has 0 spiro atoms. The van der Waals surface area contributed by atoms with Crippen molar-refractivity contribution in [2.75, 3.05) is 13.1 Å². The standard InChI is InChI=1S/C12H24N2O3/c1-4-5-13-12(17)14-8-10(6-9(2)3)7-11(15)16/h9-10H,4-8H2,1-3H3,(H,15,16)(H2,13,14,17). The van der Waals surface area contributed by atoms with E-state index >= 15 is 0 Å². The molecule has 3 N–H and O–H groups in total. The van der Waals surface area contributed by atoms with Crippen molar-refractivity contribution in [1.29, 1.82) is 0 Å². The number of rotatable bonds is 8. The zero-order valence-electron chi connectivity index (χ0n) is 11.0. The van der Waals surface area contributed by atoms with Crippen LogP contribution in [0.4, 0.5) is 4.79 Å². The number of hydrogen-bond donors (Lipinski definition) is 3. The van der Waals surface area contributed by atoms with E-state index in [-0.39, 0.29) is 18.4 Å². The molecule has 0 aromatic carbocycles. The summed E-state index contributed by atoms with van der Waals surface area (Å²) in [6.07, 6.45) is 1.80. The van der Waals surface area contributed by atoms with Crippen molar-refractivity contribution in [3.63, 3.8) is 0 Å². The molecule has 0 saturated heterocycles. The van der Waals surface area contributed by atoms with Crippen LogP contribution in [0.1, 0.15) is 40.0 Å². The third kappa shape index (κ3) is 9.66. The predicted octanol–water partition coefficient (Wildman–Crippen LogP) is 1.83. The number of aliphatic carboxylic acids is 1. The van der Waals surface area contributed by atoms with E-state index in [4.69, 9.17) is 5.11 Å². The van der Waals surface area contributed by atoms with E-state index in [1.165, 1.54) is 0 Å². The molecule has 0 aromatic heterocycles. The Morgan fingerprint density at radius 3 is 2.35 bits per heavy atom. The minimum Gasteiger partial charge on any atom is -0.481 e. The highest BCUT2D eigenvalue weighted by Crippen LogP contribution is 2.14. The van der Waals surface area contributed by atoms with Gasteiger partial charge >= 0.3 is 12.0 Å². The van der Waals surface area contributed by atoms with E-state index in [9.17, 15) is 9.59 Å². The highest BCUT2D eigenvalue weighted by Gasteiger charge is 2.15. The summed E-state index contributed by atoms with van der Waals surface area (Å²) in [5.74, 6) is -0.383. The summed E-state index contributed by atoms with van der Waals surface area (Å²) < 4.78 is 0. The zero-order chi connectivity index (χ0) is 13.3. The minimum absolute atomic E-state index is 0.000114. The molecule has 1 unspecified atom stereocenters. The van der Waals surface area contributed by atoms with Crippen molar-refractivity contribution in [1.82, 2.24) is 10.6 Å². The van der Waals surface area contributed by atoms with E-state index < -0.39 is 5.97 Å². The Kier molecular flexibility index (Phi) is 8.19. The van der Waals surface area contributed by atoms with Crippen LogP contribution in [0.5, 0.6) is 0 Å². The SMILES string of the molecule is CCCNC(=O)NCC(CC(=O)O)CC(C)C. The molecule has 100 valence electrons. The fourth-order valence-corrected chi connectivity index (χ4v) is 1.69. The van der Waals surface area contributed by atoms with Crippen LogP contribution in [-0.2, 0) is 4.79 Å². The predicted molar refractivity (Wildman–Crippen MR) is 66.9 cm³/mol. The molecule has 1 atom stereocenters. The summed E-state index contributed by atoms with van der Waals surface area (Å²) in [4.78, 5) is 22.0. The molecule has 0 aliphatic rings. The molecule has 0 aromatic rings. The van der Waals surface area contributed by atoms with E-state index in [0.29, 0.717) is 19.0 Å². The summed E-state index contributed by atoms with van der Waals surface area (Å²) in [6, 6.07) is -0.217. The van der Waals surface area contributed by atoms with Gasteiger partial charge in [-0.3, -0.25) is 4.79 Å². The lowest BCUT2D eigenvalue weighted by Crippen LogP contribution is -2.39. The first-order chi connectivity index (χ1) is 7.95. The number of carboxylic acids is 1. The molecule has 0 heterocycles. The number of hydrogen-bond acceptors (Lipinski definition) is 2. The Labute approximate surface area is 103 Å². The second-order valence-electron chi connectivity index (χ2n) is 4.73. The van der Waals surface area contributed by atoms with Gasteiger partial charge in [0.25, 0.3) is 0 Å². The monoisotopic (exact) mass is 244 g/mol. The Morgan fingerprint density at radius 1 is 1.24 bits per heavy atom. The fraction of sp³-hybridized carbons (Fsp3) is 0.833. The van der Waals surface area contributed by atoms with Crippen molar-refractivity contribution in [3.05, 3.63) is 0 Å². The largest absolute Gasteiger partial charge is 0.481 e. The molecule has 2 amide bonds. The lowest BCUT2D eigenvalue weighted by molar-refractivity contribution is -0.138. The van der Waals surface area contributed by atoms with Crippen molar-refractivity contribution in [2.24, 2.45) is 11.8 Å². The van der Waals surface area contributed by atoms with Gasteiger partial charge in [-0.15, -0.1) is 0 Å². The van der Waals surface area contributed by atoms with Crippen LogP contribution in [0.3, 0.4) is 0 Å². The van der Waals surface area contributed by atoms with Crippen LogP contribution in [0.2, 0.25) is 0 Å². The van der Waals surface area contributed by atoms with E-state index in [1.54, 1.807) is 0 Å². The molecule has 0 aliphatic heterocycles. The first-order valence-corrected chi connectivity index (χ1v) is 6.19. The van der Waals surface area contributed by atoms with Crippen molar-refractivity contribution in [3.8, 4) is 0 Å². The van der Waals surface area contributed by atoms with Gasteiger partial charge in [-0.2, -0.15) is 0 Å². The van der Waals surface area contributed by atoms with Gasteiger partial charge in [0.1, 0.15) is 0 Å². The summed E-state index contributed by atoms with van der Waals surface area (Å²) in [5.41, 5.74) is 0. The molecule has 17 heavy (non-hydrogen) atoms. The second kappa shape index (κ2) is 8.84. The molecular formula is C12H24N2O3. The average Bonchev–Trinajstić information content (AvgIpc) is 2.21. The van der Waals surface area contributed by atoms with Gasteiger partial charge in [-0.1, -0.05) is 20.8 Å². The Hall–Kier alpha value is -1.26. The van der Waals surface area contributed by atoms with Gasteiger partial charge in [0, 0.05) is 19.5 Å². The first-order valence-electron chi connectivity index (χ1n) is 6.19. The minimum atomic E-state index is -0.814. The molecule has 0 radical (unpaired) electrons. The molecule has 0 rings (SSSR count). The number of carboxylic acid groups (broad SMARTS) is 1. The lowest BCUT2D eigenvalue weighted by atomic mass is 9.94. The Morgan fingerprint density at radius 2 is 1.88 bits per heavy atom. The van der Waals surface area contributed by atoms with Crippen LogP contribution in [-0.4, -0.2) is 30.2 Å². The van der Waals surface area contributed by atoms with Crippen molar-refractivity contribution in [2.45, 2.75) is 40.0 Å². The Bertz CT molecular complexity index is 242. The van der Waals surface area contributed by atoms with Gasteiger partial charge in [0.15, 0.2) is 0 Å². The van der Waals surface area contributed by atoms with E-state index in [2.05, 4.69) is 10.6 Å². The lowest BCUT2D eigenvalue weighted by Gasteiger charge is -2.17. The first kappa shape index (κ1) is 15.7. The number of amides is 2. The van der Waals surface area contributed by atoms with E-state index in [1.807, 2.05) is 20.8 Å². The van der Waals surface area contributed by atoms with Gasteiger partial charge in [-0.25, -0.2) is 4.79 Å². The van der Waals surface area contributed by atoms with Crippen LogP contribution >= 0.6 is 0 Å². The molecule has 0 aliphatic carbocycles. The van der Waals surface area contributed by atoms with Gasteiger partial charge in [-0.05, 0) is 24.7 Å². The maximum Gasteiger partial charge on any atom is 0.314 e. The summed E-state index contributed by atoms with van der Waals surface area (Å²) in [7, 11) is 0. The molecular weight excluding hydrogens is 220 g/mol.